The maximum atomic E-state index is 12.5. The highest BCUT2D eigenvalue weighted by Crippen LogP contribution is 2.38. The average Bonchev–Trinajstić information content (AvgIpc) is 3.13. The molecule has 55 heavy (non-hydrogen) atoms. The van der Waals surface area contributed by atoms with Gasteiger partial charge < -0.3 is 28.8 Å². The van der Waals surface area contributed by atoms with Crippen molar-refractivity contribution in [2.45, 2.75) is 212 Å². The second-order valence-corrected chi connectivity index (χ2v) is 18.2. The van der Waals surface area contributed by atoms with Crippen LogP contribution < -0.4 is 10.2 Å². The van der Waals surface area contributed by atoms with Crippen molar-refractivity contribution in [3.05, 3.63) is 36.5 Å². The van der Waals surface area contributed by atoms with Crippen LogP contribution >= 0.6 is 7.82 Å². The zero-order chi connectivity index (χ0) is 40.7. The maximum Gasteiger partial charge on any atom is 0.268 e. The van der Waals surface area contributed by atoms with Crippen LogP contribution in [0.5, 0.6) is 0 Å². The standard InChI is InChI=1S/C46H89N2O6P/c1-6-8-10-12-13-14-15-16-17-18-19-20-21-22-23-24-25-26-27-28-29-30-31-32-33-34-35-36-37-39-45(49)44(47-46(50)40-38-11-9-7-2)43-54-55(51,52)53-42-41-48(3,4)5/h29-30,33-34,37,39,44-45,49H,6-28,31-32,35-36,38,40-43H2,1-5H3,(H-,47,50,51,52)/b30-29+,34-33+,39-37+. The Bertz CT molecular complexity index is 995. The first-order chi connectivity index (χ1) is 26.5. The fourth-order valence-electron chi connectivity index (χ4n) is 6.42. The number of aliphatic hydroxyl groups is 1. The molecule has 1 amide bonds. The van der Waals surface area contributed by atoms with E-state index < -0.39 is 26.6 Å². The second-order valence-electron chi connectivity index (χ2n) is 16.7. The van der Waals surface area contributed by atoms with Gasteiger partial charge in [0, 0.05) is 6.42 Å². The SMILES string of the molecule is CCCCCCCCCCCCCCCCCCCCC/C=C/CC/C=C/CC/C=C/C(O)C(COP(=O)([O-])OCC[N+](C)(C)C)NC(=O)CCCCCC. The number of phosphoric ester groups is 1. The lowest BCUT2D eigenvalue weighted by atomic mass is 10.0. The fraction of sp³-hybridized carbons (Fsp3) is 0.848. The summed E-state index contributed by atoms with van der Waals surface area (Å²) in [5.41, 5.74) is 0. The molecule has 3 unspecified atom stereocenters. The number of rotatable bonds is 41. The Morgan fingerprint density at radius 1 is 0.618 bits per heavy atom. The molecule has 0 spiro atoms. The van der Waals surface area contributed by atoms with Crippen LogP contribution in [0.1, 0.15) is 200 Å². The summed E-state index contributed by atoms with van der Waals surface area (Å²) in [6.45, 7) is 4.48. The van der Waals surface area contributed by atoms with Crippen LogP contribution in [0, 0.1) is 0 Å². The number of unbranched alkanes of at least 4 members (excludes halogenated alkanes) is 24. The number of amides is 1. The quantitative estimate of drug-likeness (QED) is 0.0276. The van der Waals surface area contributed by atoms with Gasteiger partial charge in [-0.2, -0.15) is 0 Å². The smallest absolute Gasteiger partial charge is 0.268 e. The first-order valence-corrected chi connectivity index (χ1v) is 24.3. The van der Waals surface area contributed by atoms with Crippen molar-refractivity contribution < 1.29 is 32.9 Å². The lowest BCUT2D eigenvalue weighted by Crippen LogP contribution is -2.45. The molecule has 9 heteroatoms. The molecule has 0 heterocycles. The highest BCUT2D eigenvalue weighted by Gasteiger charge is 2.23. The molecule has 0 aliphatic carbocycles. The van der Waals surface area contributed by atoms with Gasteiger partial charge in [-0.1, -0.05) is 185 Å². The number of nitrogens with one attached hydrogen (secondary N) is 1. The van der Waals surface area contributed by atoms with Gasteiger partial charge in [-0.3, -0.25) is 9.36 Å². The molecule has 0 saturated carbocycles. The van der Waals surface area contributed by atoms with Crippen LogP contribution in [0.2, 0.25) is 0 Å². The van der Waals surface area contributed by atoms with Crippen LogP contribution in [0.3, 0.4) is 0 Å². The van der Waals surface area contributed by atoms with Crippen LogP contribution in [0.25, 0.3) is 0 Å². The predicted octanol–water partition coefficient (Wildman–Crippen LogP) is 12.1. The third-order valence-corrected chi connectivity index (χ3v) is 11.0. The maximum absolute atomic E-state index is 12.5. The van der Waals surface area contributed by atoms with Crippen LogP contribution in [-0.2, 0) is 18.4 Å². The van der Waals surface area contributed by atoms with E-state index in [0.717, 1.165) is 51.4 Å². The summed E-state index contributed by atoms with van der Waals surface area (Å²) in [5.74, 6) is -0.230. The molecule has 0 radical (unpaired) electrons. The lowest BCUT2D eigenvalue weighted by molar-refractivity contribution is -0.870. The molecular weight excluding hydrogens is 707 g/mol. The molecule has 0 aliphatic heterocycles. The molecule has 0 aliphatic rings. The number of carbonyl (C=O) groups excluding carboxylic acids is 1. The Hall–Kier alpha value is -1.28. The van der Waals surface area contributed by atoms with Crippen molar-refractivity contribution in [2.75, 3.05) is 40.9 Å². The minimum atomic E-state index is -4.58. The van der Waals surface area contributed by atoms with Crippen molar-refractivity contribution in [1.82, 2.24) is 5.32 Å². The minimum absolute atomic E-state index is 0.00928. The molecule has 2 N–H and O–H groups in total. The van der Waals surface area contributed by atoms with E-state index in [1.807, 2.05) is 27.2 Å². The number of hydrogen-bond acceptors (Lipinski definition) is 6. The summed E-state index contributed by atoms with van der Waals surface area (Å²) in [6, 6.07) is -0.902. The van der Waals surface area contributed by atoms with Crippen molar-refractivity contribution in [1.29, 1.82) is 0 Å². The fourth-order valence-corrected chi connectivity index (χ4v) is 7.14. The van der Waals surface area contributed by atoms with Gasteiger partial charge in [0.1, 0.15) is 13.2 Å². The number of phosphoric acid groups is 1. The zero-order valence-corrected chi connectivity index (χ0v) is 37.5. The van der Waals surface area contributed by atoms with E-state index in [1.54, 1.807) is 6.08 Å². The van der Waals surface area contributed by atoms with Crippen molar-refractivity contribution in [3.63, 3.8) is 0 Å². The van der Waals surface area contributed by atoms with E-state index in [0.29, 0.717) is 17.4 Å². The first kappa shape index (κ1) is 53.7. The highest BCUT2D eigenvalue weighted by molar-refractivity contribution is 7.45. The Morgan fingerprint density at radius 2 is 1.02 bits per heavy atom. The Morgan fingerprint density at radius 3 is 1.47 bits per heavy atom. The van der Waals surface area contributed by atoms with E-state index in [-0.39, 0.29) is 12.5 Å². The van der Waals surface area contributed by atoms with Gasteiger partial charge in [0.15, 0.2) is 0 Å². The molecular formula is C46H89N2O6P. The topological polar surface area (TPSA) is 108 Å². The van der Waals surface area contributed by atoms with Crippen LogP contribution in [0.15, 0.2) is 36.5 Å². The monoisotopic (exact) mass is 797 g/mol. The molecule has 0 aromatic rings. The largest absolute Gasteiger partial charge is 0.756 e. The van der Waals surface area contributed by atoms with Crippen molar-refractivity contribution >= 4 is 13.7 Å². The molecule has 0 aromatic carbocycles. The molecule has 324 valence electrons. The number of quaternary nitrogens is 1. The number of nitrogens with zero attached hydrogens (tertiary/aromatic N) is 1. The molecule has 3 atom stereocenters. The van der Waals surface area contributed by atoms with Gasteiger partial charge in [0.05, 0.1) is 39.9 Å². The van der Waals surface area contributed by atoms with Gasteiger partial charge in [-0.25, -0.2) is 0 Å². The molecule has 0 bridgehead atoms. The number of allylic oxidation sites excluding steroid dienone is 5. The second kappa shape index (κ2) is 38.2. The third kappa shape index (κ3) is 40.7. The van der Waals surface area contributed by atoms with Gasteiger partial charge in [-0.05, 0) is 44.9 Å². The van der Waals surface area contributed by atoms with Crippen molar-refractivity contribution in [2.24, 2.45) is 0 Å². The van der Waals surface area contributed by atoms with Gasteiger partial charge in [0.2, 0.25) is 5.91 Å². The average molecular weight is 797 g/mol. The number of hydrogen-bond donors (Lipinski definition) is 2. The van der Waals surface area contributed by atoms with Crippen molar-refractivity contribution in [3.8, 4) is 0 Å². The lowest BCUT2D eigenvalue weighted by Gasteiger charge is -2.29. The molecule has 0 saturated heterocycles. The summed E-state index contributed by atoms with van der Waals surface area (Å²) in [6.07, 6.45) is 47.2. The molecule has 0 aromatic heterocycles. The summed E-state index contributed by atoms with van der Waals surface area (Å²) < 4.78 is 22.9. The first-order valence-electron chi connectivity index (χ1n) is 22.9. The van der Waals surface area contributed by atoms with Crippen LogP contribution in [-0.4, -0.2) is 68.5 Å². The predicted molar refractivity (Wildman–Crippen MR) is 233 cm³/mol. The molecule has 8 nitrogen and oxygen atoms in total. The zero-order valence-electron chi connectivity index (χ0n) is 36.6. The van der Waals surface area contributed by atoms with Gasteiger partial charge in [-0.15, -0.1) is 0 Å². The summed E-state index contributed by atoms with van der Waals surface area (Å²) >= 11 is 0. The normalized spacial score (nSPS) is 14.7. The number of carbonyl (C=O) groups is 1. The van der Waals surface area contributed by atoms with E-state index >= 15 is 0 Å². The summed E-state index contributed by atoms with van der Waals surface area (Å²) in [5, 5.41) is 13.6. The molecule has 0 fully saturated rings. The summed E-state index contributed by atoms with van der Waals surface area (Å²) in [7, 11) is 1.23. The molecule has 0 rings (SSSR count). The third-order valence-electron chi connectivity index (χ3n) is 10.1. The Kier molecular flexibility index (Phi) is 37.4. The Labute approximate surface area is 340 Å². The Balaban J connectivity index is 4.03. The van der Waals surface area contributed by atoms with E-state index in [2.05, 4.69) is 43.5 Å². The van der Waals surface area contributed by atoms with Crippen LogP contribution in [0.4, 0.5) is 0 Å². The summed E-state index contributed by atoms with van der Waals surface area (Å²) in [4.78, 5) is 24.9. The minimum Gasteiger partial charge on any atom is -0.756 e. The van der Waals surface area contributed by atoms with Gasteiger partial charge >= 0.3 is 0 Å². The van der Waals surface area contributed by atoms with Gasteiger partial charge in [0.25, 0.3) is 7.82 Å². The number of likely N-dealkylation sites (N-methyl/N-ethyl adjacent to an activating group) is 1. The van der Waals surface area contributed by atoms with E-state index in [9.17, 15) is 19.4 Å². The number of aliphatic hydroxyl groups excluding tert-OH is 1. The van der Waals surface area contributed by atoms with E-state index in [1.165, 1.54) is 128 Å². The highest BCUT2D eigenvalue weighted by atomic mass is 31.2. The van der Waals surface area contributed by atoms with E-state index in [4.69, 9.17) is 9.05 Å².